The Morgan fingerprint density at radius 2 is 1.41 bits per heavy atom. The molecule has 0 aliphatic heterocycles. The van der Waals surface area contributed by atoms with Gasteiger partial charge in [-0.05, 0) is 73.2 Å². The molecule has 4 nitrogen and oxygen atoms in total. The summed E-state index contributed by atoms with van der Waals surface area (Å²) < 4.78 is 11.3. The van der Waals surface area contributed by atoms with E-state index in [0.717, 1.165) is 22.9 Å². The third-order valence-corrected chi connectivity index (χ3v) is 4.02. The van der Waals surface area contributed by atoms with Crippen LogP contribution in [0.3, 0.4) is 0 Å². The first-order chi connectivity index (χ1) is 13.2. The molecule has 2 N–H and O–H groups in total. The lowest BCUT2D eigenvalue weighted by molar-refractivity contribution is 0.339. The first-order valence-electron chi connectivity index (χ1n) is 8.82. The molecule has 0 heterocycles. The molecule has 27 heavy (non-hydrogen) atoms. The number of benzene rings is 3. The molecule has 0 aliphatic carbocycles. The van der Waals surface area contributed by atoms with E-state index in [1.807, 2.05) is 73.7 Å². The summed E-state index contributed by atoms with van der Waals surface area (Å²) in [4.78, 5) is 0. The van der Waals surface area contributed by atoms with Crippen LogP contribution >= 0.6 is 12.2 Å². The van der Waals surface area contributed by atoms with Gasteiger partial charge in [0.15, 0.2) is 5.11 Å². The molecule has 0 saturated heterocycles. The Morgan fingerprint density at radius 3 is 2.04 bits per heavy atom. The van der Waals surface area contributed by atoms with E-state index in [-0.39, 0.29) is 0 Å². The highest BCUT2D eigenvalue weighted by Crippen LogP contribution is 2.25. The van der Waals surface area contributed by atoms with Crippen LogP contribution in [0.4, 0.5) is 5.69 Å². The molecule has 0 spiro atoms. The van der Waals surface area contributed by atoms with Crippen LogP contribution in [-0.4, -0.2) is 11.7 Å². The number of hydrogen-bond acceptors (Lipinski definition) is 3. The molecule has 138 valence electrons. The number of rotatable bonds is 7. The van der Waals surface area contributed by atoms with Crippen LogP contribution in [0.15, 0.2) is 78.9 Å². The molecular formula is C22H22N2O2S. The Bertz CT molecular complexity index is 850. The van der Waals surface area contributed by atoms with Crippen molar-refractivity contribution in [3.63, 3.8) is 0 Å². The van der Waals surface area contributed by atoms with Crippen molar-refractivity contribution in [2.45, 2.75) is 13.5 Å². The molecule has 0 amide bonds. The van der Waals surface area contributed by atoms with Crippen molar-refractivity contribution in [1.29, 1.82) is 0 Å². The van der Waals surface area contributed by atoms with Gasteiger partial charge in [-0.25, -0.2) is 0 Å². The second-order valence-corrected chi connectivity index (χ2v) is 6.23. The summed E-state index contributed by atoms with van der Waals surface area (Å²) in [5.41, 5.74) is 2.08. The van der Waals surface area contributed by atoms with Gasteiger partial charge in [0.1, 0.15) is 17.2 Å². The number of anilines is 1. The average Bonchev–Trinajstić information content (AvgIpc) is 2.70. The minimum atomic E-state index is 0.582. The summed E-state index contributed by atoms with van der Waals surface area (Å²) in [7, 11) is 0. The Hall–Kier alpha value is -3.05. The van der Waals surface area contributed by atoms with Crippen molar-refractivity contribution in [3.05, 3.63) is 84.4 Å². The maximum atomic E-state index is 5.84. The van der Waals surface area contributed by atoms with E-state index in [4.69, 9.17) is 21.7 Å². The van der Waals surface area contributed by atoms with Crippen molar-refractivity contribution < 1.29 is 9.47 Å². The summed E-state index contributed by atoms with van der Waals surface area (Å²) in [5.74, 6) is 2.35. The van der Waals surface area contributed by atoms with Crippen LogP contribution in [0.1, 0.15) is 12.5 Å². The van der Waals surface area contributed by atoms with E-state index < -0.39 is 0 Å². The molecule has 0 bridgehead atoms. The summed E-state index contributed by atoms with van der Waals surface area (Å²) in [5, 5.41) is 6.95. The second-order valence-electron chi connectivity index (χ2n) is 5.82. The maximum Gasteiger partial charge on any atom is 0.171 e. The monoisotopic (exact) mass is 378 g/mol. The Kier molecular flexibility index (Phi) is 6.66. The van der Waals surface area contributed by atoms with E-state index in [2.05, 4.69) is 22.8 Å². The van der Waals surface area contributed by atoms with Gasteiger partial charge in [0.25, 0.3) is 0 Å². The maximum absolute atomic E-state index is 5.84. The summed E-state index contributed by atoms with van der Waals surface area (Å²) in [6.07, 6.45) is 0. The van der Waals surface area contributed by atoms with Crippen molar-refractivity contribution in [2.24, 2.45) is 0 Å². The predicted octanol–water partition coefficient (Wildman–Crippen LogP) is 5.36. The zero-order chi connectivity index (χ0) is 18.9. The van der Waals surface area contributed by atoms with E-state index in [1.54, 1.807) is 0 Å². The SMILES string of the molecule is CCOc1ccc(Oc2ccc(NC(=S)NCc3ccccc3)cc2)cc1. The number of thiocarbonyl (C=S) groups is 1. The van der Waals surface area contributed by atoms with Crippen LogP contribution < -0.4 is 20.1 Å². The fourth-order valence-electron chi connectivity index (χ4n) is 2.47. The lowest BCUT2D eigenvalue weighted by Gasteiger charge is -2.12. The van der Waals surface area contributed by atoms with Gasteiger partial charge in [-0.2, -0.15) is 0 Å². The smallest absolute Gasteiger partial charge is 0.171 e. The van der Waals surface area contributed by atoms with Gasteiger partial charge in [-0.3, -0.25) is 0 Å². The summed E-state index contributed by atoms with van der Waals surface area (Å²) in [6.45, 7) is 3.30. The Labute approximate surface area is 165 Å². The third kappa shape index (κ3) is 6.01. The molecule has 0 unspecified atom stereocenters. The van der Waals surface area contributed by atoms with Crippen molar-refractivity contribution in [3.8, 4) is 17.2 Å². The molecule has 3 aromatic carbocycles. The normalized spacial score (nSPS) is 10.1. The number of hydrogen-bond donors (Lipinski definition) is 2. The van der Waals surface area contributed by atoms with Crippen LogP contribution in [0.25, 0.3) is 0 Å². The second kappa shape index (κ2) is 9.59. The van der Waals surface area contributed by atoms with Crippen molar-refractivity contribution in [1.82, 2.24) is 5.32 Å². The van der Waals surface area contributed by atoms with Gasteiger partial charge < -0.3 is 20.1 Å². The predicted molar refractivity (Wildman–Crippen MR) is 114 cm³/mol. The minimum Gasteiger partial charge on any atom is -0.494 e. The van der Waals surface area contributed by atoms with Gasteiger partial charge in [-0.1, -0.05) is 30.3 Å². The zero-order valence-corrected chi connectivity index (χ0v) is 16.0. The van der Waals surface area contributed by atoms with Gasteiger partial charge in [0.05, 0.1) is 6.61 Å². The molecule has 0 saturated carbocycles. The average molecular weight is 378 g/mol. The van der Waals surface area contributed by atoms with Gasteiger partial charge in [0, 0.05) is 12.2 Å². The molecule has 0 atom stereocenters. The fourth-order valence-corrected chi connectivity index (χ4v) is 2.66. The van der Waals surface area contributed by atoms with Gasteiger partial charge >= 0.3 is 0 Å². The lowest BCUT2D eigenvalue weighted by atomic mass is 10.2. The van der Waals surface area contributed by atoms with Crippen LogP contribution in [0.2, 0.25) is 0 Å². The molecule has 5 heteroatoms. The summed E-state index contributed by atoms with van der Waals surface area (Å²) in [6, 6.07) is 25.4. The molecule has 0 aliphatic rings. The third-order valence-electron chi connectivity index (χ3n) is 3.78. The number of ether oxygens (including phenoxy) is 2. The highest BCUT2D eigenvalue weighted by molar-refractivity contribution is 7.80. The standard InChI is InChI=1S/C22H22N2O2S/c1-2-25-19-12-14-21(15-13-19)26-20-10-8-18(9-11-20)24-22(27)23-16-17-6-4-3-5-7-17/h3-15H,2,16H2,1H3,(H2,23,24,27). The quantitative estimate of drug-likeness (QED) is 0.542. The van der Waals surface area contributed by atoms with E-state index >= 15 is 0 Å². The van der Waals surface area contributed by atoms with Gasteiger partial charge in [-0.15, -0.1) is 0 Å². The molecule has 3 aromatic rings. The highest BCUT2D eigenvalue weighted by atomic mass is 32.1. The molecule has 0 radical (unpaired) electrons. The fraction of sp³-hybridized carbons (Fsp3) is 0.136. The largest absolute Gasteiger partial charge is 0.494 e. The van der Waals surface area contributed by atoms with Crippen LogP contribution in [0.5, 0.6) is 17.2 Å². The Balaban J connectivity index is 1.50. The van der Waals surface area contributed by atoms with Gasteiger partial charge in [0.2, 0.25) is 0 Å². The van der Waals surface area contributed by atoms with E-state index in [1.165, 1.54) is 5.56 Å². The molecule has 0 fully saturated rings. The lowest BCUT2D eigenvalue weighted by Crippen LogP contribution is -2.27. The topological polar surface area (TPSA) is 42.5 Å². The highest BCUT2D eigenvalue weighted by Gasteiger charge is 2.01. The first-order valence-corrected chi connectivity index (χ1v) is 9.23. The van der Waals surface area contributed by atoms with Crippen molar-refractivity contribution in [2.75, 3.05) is 11.9 Å². The van der Waals surface area contributed by atoms with E-state index in [0.29, 0.717) is 18.3 Å². The molecule has 3 rings (SSSR count). The Morgan fingerprint density at radius 1 is 0.815 bits per heavy atom. The van der Waals surface area contributed by atoms with Crippen LogP contribution in [-0.2, 0) is 6.54 Å². The summed E-state index contributed by atoms with van der Waals surface area (Å²) >= 11 is 5.34. The van der Waals surface area contributed by atoms with Crippen LogP contribution in [0, 0.1) is 0 Å². The number of nitrogens with one attached hydrogen (secondary N) is 2. The van der Waals surface area contributed by atoms with Crippen molar-refractivity contribution >= 4 is 23.0 Å². The molecular weight excluding hydrogens is 356 g/mol. The zero-order valence-electron chi connectivity index (χ0n) is 15.1. The first kappa shape index (κ1) is 18.7. The minimum absolute atomic E-state index is 0.582. The molecule has 0 aromatic heterocycles. The van der Waals surface area contributed by atoms with E-state index in [9.17, 15) is 0 Å².